The fraction of sp³-hybridized carbons (Fsp3) is 0.917. The Morgan fingerprint density at radius 1 is 1.50 bits per heavy atom. The maximum absolute atomic E-state index is 12.1. The van der Waals surface area contributed by atoms with Crippen molar-refractivity contribution in [2.45, 2.75) is 26.3 Å². The van der Waals surface area contributed by atoms with Gasteiger partial charge in [0.1, 0.15) is 0 Å². The summed E-state index contributed by atoms with van der Waals surface area (Å²) in [6.07, 6.45) is 0.840. The molecule has 0 aromatic rings. The fourth-order valence-electron chi connectivity index (χ4n) is 2.50. The second-order valence-electron chi connectivity index (χ2n) is 5.09. The molecule has 0 spiro atoms. The summed E-state index contributed by atoms with van der Waals surface area (Å²) in [6, 6.07) is 0.485. The topological polar surface area (TPSA) is 49.6 Å². The van der Waals surface area contributed by atoms with Gasteiger partial charge in [-0.25, -0.2) is 0 Å². The van der Waals surface area contributed by atoms with Gasteiger partial charge in [0, 0.05) is 25.7 Å². The highest BCUT2D eigenvalue weighted by Gasteiger charge is 2.35. The number of likely N-dealkylation sites (tertiary alicyclic amines) is 1. The number of likely N-dealkylation sites (N-methyl/N-ethyl adjacent to an activating group) is 1. The third-order valence-electron chi connectivity index (χ3n) is 3.67. The van der Waals surface area contributed by atoms with E-state index in [2.05, 4.69) is 25.9 Å². The van der Waals surface area contributed by atoms with Gasteiger partial charge < -0.3 is 15.5 Å². The number of hydrogen-bond donors (Lipinski definition) is 1. The molecule has 1 heterocycles. The van der Waals surface area contributed by atoms with Crippen LogP contribution in [0.15, 0.2) is 0 Å². The average Bonchev–Trinajstić information content (AvgIpc) is 2.62. The zero-order valence-electron chi connectivity index (χ0n) is 10.9. The van der Waals surface area contributed by atoms with Crippen LogP contribution in [0.25, 0.3) is 0 Å². The molecule has 0 saturated carbocycles. The van der Waals surface area contributed by atoms with Crippen LogP contribution in [0.3, 0.4) is 0 Å². The molecule has 1 rings (SSSR count). The lowest BCUT2D eigenvalue weighted by Crippen LogP contribution is -2.39. The van der Waals surface area contributed by atoms with Gasteiger partial charge in [0.15, 0.2) is 0 Å². The van der Waals surface area contributed by atoms with Crippen LogP contribution < -0.4 is 5.73 Å². The van der Waals surface area contributed by atoms with Crippen LogP contribution in [-0.4, -0.2) is 55.5 Å². The Bertz CT molecular complexity index is 238. The molecule has 16 heavy (non-hydrogen) atoms. The van der Waals surface area contributed by atoms with Gasteiger partial charge in [-0.1, -0.05) is 13.8 Å². The summed E-state index contributed by atoms with van der Waals surface area (Å²) in [5, 5.41) is 0. The lowest BCUT2D eigenvalue weighted by molar-refractivity contribution is -0.134. The summed E-state index contributed by atoms with van der Waals surface area (Å²) >= 11 is 0. The van der Waals surface area contributed by atoms with Crippen molar-refractivity contribution in [2.24, 2.45) is 17.6 Å². The molecule has 94 valence electrons. The van der Waals surface area contributed by atoms with Crippen LogP contribution in [-0.2, 0) is 4.79 Å². The Hall–Kier alpha value is -0.610. The molecule has 1 fully saturated rings. The lowest BCUT2D eigenvalue weighted by atomic mass is 10.1. The van der Waals surface area contributed by atoms with E-state index in [-0.39, 0.29) is 11.8 Å². The minimum Gasteiger partial charge on any atom is -0.341 e. The van der Waals surface area contributed by atoms with Gasteiger partial charge in [0.2, 0.25) is 5.91 Å². The molecule has 2 N–H and O–H groups in total. The standard InChI is InChI=1S/C12H25N3O/c1-5-10(6-13)12(16)15-7-9(2)11(8-15)14(3)4/h9-11H,5-8,13H2,1-4H3. The van der Waals surface area contributed by atoms with Crippen LogP contribution in [0.4, 0.5) is 0 Å². The van der Waals surface area contributed by atoms with Gasteiger partial charge in [0.05, 0.1) is 5.92 Å². The van der Waals surface area contributed by atoms with E-state index in [1.807, 2.05) is 11.8 Å². The number of rotatable bonds is 4. The van der Waals surface area contributed by atoms with Crippen molar-refractivity contribution in [3.8, 4) is 0 Å². The SMILES string of the molecule is CCC(CN)C(=O)N1CC(C)C(N(C)C)C1. The first-order valence-electron chi connectivity index (χ1n) is 6.16. The smallest absolute Gasteiger partial charge is 0.227 e. The highest BCUT2D eigenvalue weighted by atomic mass is 16.2. The highest BCUT2D eigenvalue weighted by Crippen LogP contribution is 2.22. The Morgan fingerprint density at radius 2 is 2.12 bits per heavy atom. The van der Waals surface area contributed by atoms with E-state index in [9.17, 15) is 4.79 Å². The molecule has 0 aromatic carbocycles. The molecule has 3 atom stereocenters. The van der Waals surface area contributed by atoms with Crippen molar-refractivity contribution in [2.75, 3.05) is 33.7 Å². The number of carbonyl (C=O) groups excluding carboxylic acids is 1. The number of nitrogens with two attached hydrogens (primary N) is 1. The van der Waals surface area contributed by atoms with E-state index in [4.69, 9.17) is 5.73 Å². The summed E-state index contributed by atoms with van der Waals surface area (Å²) in [7, 11) is 4.16. The monoisotopic (exact) mass is 227 g/mol. The second kappa shape index (κ2) is 5.64. The van der Waals surface area contributed by atoms with Crippen LogP contribution in [0, 0.1) is 11.8 Å². The predicted octanol–water partition coefficient (Wildman–Crippen LogP) is 0.380. The maximum Gasteiger partial charge on any atom is 0.227 e. The van der Waals surface area contributed by atoms with E-state index >= 15 is 0 Å². The zero-order valence-corrected chi connectivity index (χ0v) is 10.9. The molecule has 4 nitrogen and oxygen atoms in total. The van der Waals surface area contributed by atoms with Crippen LogP contribution in [0.2, 0.25) is 0 Å². The molecule has 1 aliphatic rings. The molecular weight excluding hydrogens is 202 g/mol. The van der Waals surface area contributed by atoms with E-state index in [0.29, 0.717) is 18.5 Å². The third-order valence-corrected chi connectivity index (χ3v) is 3.67. The highest BCUT2D eigenvalue weighted by molar-refractivity contribution is 5.79. The Labute approximate surface area is 98.8 Å². The van der Waals surface area contributed by atoms with E-state index in [1.165, 1.54) is 0 Å². The van der Waals surface area contributed by atoms with Crippen molar-refractivity contribution >= 4 is 5.91 Å². The molecule has 0 aliphatic carbocycles. The first kappa shape index (κ1) is 13.5. The second-order valence-corrected chi connectivity index (χ2v) is 5.09. The van der Waals surface area contributed by atoms with E-state index in [0.717, 1.165) is 19.5 Å². The normalized spacial score (nSPS) is 27.5. The van der Waals surface area contributed by atoms with Gasteiger partial charge in [-0.2, -0.15) is 0 Å². The summed E-state index contributed by atoms with van der Waals surface area (Å²) in [5.74, 6) is 0.795. The third kappa shape index (κ3) is 2.74. The molecule has 3 unspecified atom stereocenters. The van der Waals surface area contributed by atoms with Crippen LogP contribution >= 0.6 is 0 Å². The predicted molar refractivity (Wildman–Crippen MR) is 66.1 cm³/mol. The van der Waals surface area contributed by atoms with Crippen molar-refractivity contribution in [1.82, 2.24) is 9.80 Å². The molecular formula is C12H25N3O. The van der Waals surface area contributed by atoms with Crippen molar-refractivity contribution in [3.05, 3.63) is 0 Å². The summed E-state index contributed by atoms with van der Waals surface area (Å²) in [5.41, 5.74) is 5.62. The van der Waals surface area contributed by atoms with E-state index < -0.39 is 0 Å². The van der Waals surface area contributed by atoms with Gasteiger partial charge in [-0.3, -0.25) is 4.79 Å². The maximum atomic E-state index is 12.1. The van der Waals surface area contributed by atoms with Crippen LogP contribution in [0.5, 0.6) is 0 Å². The molecule has 0 bridgehead atoms. The van der Waals surface area contributed by atoms with Gasteiger partial charge in [-0.15, -0.1) is 0 Å². The average molecular weight is 227 g/mol. The number of amides is 1. The first-order chi connectivity index (χ1) is 7.51. The molecule has 1 saturated heterocycles. The minimum atomic E-state index is 0.00751. The van der Waals surface area contributed by atoms with Crippen molar-refractivity contribution < 1.29 is 4.79 Å². The molecule has 1 amide bonds. The van der Waals surface area contributed by atoms with Crippen LogP contribution in [0.1, 0.15) is 20.3 Å². The summed E-state index contributed by atoms with van der Waals surface area (Å²) < 4.78 is 0. The van der Waals surface area contributed by atoms with Gasteiger partial charge in [-0.05, 0) is 26.4 Å². The quantitative estimate of drug-likeness (QED) is 0.755. The van der Waals surface area contributed by atoms with Gasteiger partial charge in [0.25, 0.3) is 0 Å². The fourth-order valence-corrected chi connectivity index (χ4v) is 2.50. The Balaban J connectivity index is 2.61. The Kier molecular flexibility index (Phi) is 4.74. The molecule has 1 aliphatic heterocycles. The summed E-state index contributed by atoms with van der Waals surface area (Å²) in [6.45, 7) is 6.42. The zero-order chi connectivity index (χ0) is 12.3. The Morgan fingerprint density at radius 3 is 2.50 bits per heavy atom. The minimum absolute atomic E-state index is 0.00751. The molecule has 4 heteroatoms. The first-order valence-corrected chi connectivity index (χ1v) is 6.16. The van der Waals surface area contributed by atoms with Crippen molar-refractivity contribution in [3.63, 3.8) is 0 Å². The van der Waals surface area contributed by atoms with E-state index in [1.54, 1.807) is 0 Å². The molecule has 0 radical (unpaired) electrons. The number of nitrogens with zero attached hydrogens (tertiary/aromatic N) is 2. The van der Waals surface area contributed by atoms with Crippen molar-refractivity contribution in [1.29, 1.82) is 0 Å². The largest absolute Gasteiger partial charge is 0.341 e. The van der Waals surface area contributed by atoms with Gasteiger partial charge >= 0.3 is 0 Å². The number of hydrogen-bond acceptors (Lipinski definition) is 3. The number of carbonyl (C=O) groups is 1. The molecule has 0 aromatic heterocycles. The lowest BCUT2D eigenvalue weighted by Gasteiger charge is -2.24. The summed E-state index contributed by atoms with van der Waals surface area (Å²) in [4.78, 5) is 16.3.